The maximum absolute atomic E-state index is 12.3. The minimum absolute atomic E-state index is 0.266. The maximum atomic E-state index is 12.3. The highest BCUT2D eigenvalue weighted by atomic mass is 16.6. The van der Waals surface area contributed by atoms with E-state index in [0.29, 0.717) is 32.2 Å². The zero-order valence-electron chi connectivity index (χ0n) is 21.3. The molecule has 0 aliphatic rings. The Morgan fingerprint density at radius 2 is 1.50 bits per heavy atom. The van der Waals surface area contributed by atoms with Crippen molar-refractivity contribution in [1.29, 1.82) is 0 Å². The summed E-state index contributed by atoms with van der Waals surface area (Å²) >= 11 is 0. The molecule has 0 aliphatic heterocycles. The minimum Gasteiger partial charge on any atom is -0.480 e. The summed E-state index contributed by atoms with van der Waals surface area (Å²) in [5, 5.41) is 18.2. The van der Waals surface area contributed by atoms with Gasteiger partial charge in [0.1, 0.15) is 17.2 Å². The highest BCUT2D eigenvalue weighted by Crippen LogP contribution is 2.10. The molecule has 0 aliphatic carbocycles. The van der Waals surface area contributed by atoms with Gasteiger partial charge in [0.25, 0.3) is 0 Å². The molecule has 2 unspecified atom stereocenters. The lowest BCUT2D eigenvalue weighted by Gasteiger charge is -2.25. The number of unbranched alkanes of at least 4 members (excludes halogenated alkanes) is 1. The van der Waals surface area contributed by atoms with Crippen LogP contribution in [0.2, 0.25) is 0 Å². The number of alkyl carbamates (subject to hydrolysis) is 2. The smallest absolute Gasteiger partial charge is 0.407 e. The van der Waals surface area contributed by atoms with E-state index in [9.17, 15) is 19.5 Å². The molecule has 0 saturated carbocycles. The minimum atomic E-state index is -0.957. The van der Waals surface area contributed by atoms with Crippen LogP contribution in [0.3, 0.4) is 0 Å². The Kier molecular flexibility index (Phi) is 11.9. The number of carboxylic acids is 1. The number of hydrogen-bond acceptors (Lipinski definition) is 6. The second-order valence-electron chi connectivity index (χ2n) is 10.3. The molecule has 9 nitrogen and oxygen atoms in total. The van der Waals surface area contributed by atoms with E-state index in [4.69, 9.17) is 9.47 Å². The molecule has 0 fully saturated rings. The first-order valence-corrected chi connectivity index (χ1v) is 11.7. The van der Waals surface area contributed by atoms with Gasteiger partial charge < -0.3 is 30.5 Å². The van der Waals surface area contributed by atoms with Gasteiger partial charge in [-0.3, -0.25) is 4.79 Å². The highest BCUT2D eigenvalue weighted by molar-refractivity contribution is 5.74. The van der Waals surface area contributed by atoms with E-state index in [1.54, 1.807) is 41.5 Å². The Morgan fingerprint density at radius 1 is 0.912 bits per heavy atom. The zero-order valence-corrected chi connectivity index (χ0v) is 21.3. The van der Waals surface area contributed by atoms with Crippen LogP contribution in [0, 0.1) is 0 Å². The molecule has 1 aromatic rings. The van der Waals surface area contributed by atoms with Gasteiger partial charge in [-0.1, -0.05) is 30.3 Å². The van der Waals surface area contributed by atoms with Crippen molar-refractivity contribution in [2.45, 2.75) is 90.5 Å². The predicted octanol–water partition coefficient (Wildman–Crippen LogP) is 3.86. The zero-order chi connectivity index (χ0) is 25.8. The predicted molar refractivity (Wildman–Crippen MR) is 131 cm³/mol. The third-order valence-corrected chi connectivity index (χ3v) is 4.56. The molecular formula is C25H41N3O6. The van der Waals surface area contributed by atoms with Crippen LogP contribution >= 0.6 is 0 Å². The number of hydrogen-bond donors (Lipinski definition) is 4. The van der Waals surface area contributed by atoms with Crippen LogP contribution in [0.25, 0.3) is 0 Å². The van der Waals surface area contributed by atoms with Crippen molar-refractivity contribution in [2.24, 2.45) is 0 Å². The molecule has 192 valence electrons. The highest BCUT2D eigenvalue weighted by Gasteiger charge is 2.23. The van der Waals surface area contributed by atoms with E-state index >= 15 is 0 Å². The van der Waals surface area contributed by atoms with Crippen molar-refractivity contribution in [3.05, 3.63) is 35.9 Å². The molecular weight excluding hydrogens is 438 g/mol. The Bertz CT molecular complexity index is 771. The molecule has 2 amide bonds. The monoisotopic (exact) mass is 479 g/mol. The van der Waals surface area contributed by atoms with Crippen molar-refractivity contribution >= 4 is 18.2 Å². The van der Waals surface area contributed by atoms with Crippen molar-refractivity contribution in [3.8, 4) is 0 Å². The number of amides is 2. The van der Waals surface area contributed by atoms with E-state index in [2.05, 4.69) is 16.0 Å². The van der Waals surface area contributed by atoms with Crippen LogP contribution in [0.1, 0.15) is 66.4 Å². The number of carbonyl (C=O) groups is 3. The second kappa shape index (κ2) is 13.8. The Labute approximate surface area is 203 Å². The van der Waals surface area contributed by atoms with Crippen LogP contribution in [-0.2, 0) is 20.7 Å². The molecule has 0 radical (unpaired) electrons. The fraction of sp³-hybridized carbons (Fsp3) is 0.640. The first-order chi connectivity index (χ1) is 15.7. The van der Waals surface area contributed by atoms with E-state index < -0.39 is 35.4 Å². The van der Waals surface area contributed by atoms with Gasteiger partial charge in [0.05, 0.1) is 0 Å². The molecule has 34 heavy (non-hydrogen) atoms. The van der Waals surface area contributed by atoms with Crippen LogP contribution < -0.4 is 16.0 Å². The lowest BCUT2D eigenvalue weighted by molar-refractivity contribution is -0.139. The molecule has 0 saturated heterocycles. The number of carbonyl (C=O) groups excluding carboxylic acids is 2. The van der Waals surface area contributed by atoms with Crippen molar-refractivity contribution < 1.29 is 29.0 Å². The van der Waals surface area contributed by atoms with Crippen molar-refractivity contribution in [2.75, 3.05) is 13.1 Å². The quantitative estimate of drug-likeness (QED) is 0.335. The van der Waals surface area contributed by atoms with Crippen LogP contribution in [0.4, 0.5) is 9.59 Å². The van der Waals surface area contributed by atoms with Crippen LogP contribution in [0.15, 0.2) is 30.3 Å². The molecule has 0 spiro atoms. The third-order valence-electron chi connectivity index (χ3n) is 4.56. The van der Waals surface area contributed by atoms with E-state index in [1.807, 2.05) is 30.3 Å². The van der Waals surface area contributed by atoms with Gasteiger partial charge >= 0.3 is 18.2 Å². The van der Waals surface area contributed by atoms with Gasteiger partial charge in [0.15, 0.2) is 0 Å². The fourth-order valence-corrected chi connectivity index (χ4v) is 3.10. The first-order valence-electron chi connectivity index (χ1n) is 11.7. The van der Waals surface area contributed by atoms with Gasteiger partial charge in [-0.15, -0.1) is 0 Å². The number of carboxylic acid groups (broad SMARTS) is 1. The van der Waals surface area contributed by atoms with Crippen LogP contribution in [0.5, 0.6) is 0 Å². The third kappa shape index (κ3) is 14.4. The summed E-state index contributed by atoms with van der Waals surface area (Å²) in [5.74, 6) is -0.957. The molecule has 0 aromatic heterocycles. The summed E-state index contributed by atoms with van der Waals surface area (Å²) < 4.78 is 10.6. The molecule has 9 heteroatoms. The number of aliphatic carboxylic acids is 1. The summed E-state index contributed by atoms with van der Waals surface area (Å²) in [6.07, 6.45) is 1.27. The molecule has 1 rings (SSSR count). The van der Waals surface area contributed by atoms with Gasteiger partial charge in [0, 0.05) is 19.1 Å². The van der Waals surface area contributed by atoms with E-state index in [1.165, 1.54) is 0 Å². The van der Waals surface area contributed by atoms with Gasteiger partial charge in [-0.2, -0.15) is 0 Å². The molecule has 0 bridgehead atoms. The van der Waals surface area contributed by atoms with Gasteiger partial charge in [0.2, 0.25) is 0 Å². The van der Waals surface area contributed by atoms with Gasteiger partial charge in [-0.05, 0) is 72.8 Å². The maximum Gasteiger partial charge on any atom is 0.407 e. The Balaban J connectivity index is 2.62. The summed E-state index contributed by atoms with van der Waals surface area (Å²) in [5.41, 5.74) is -0.290. The SMILES string of the molecule is CC(C)(C)OC(=O)NCCCCC(CNC(Cc1ccccc1)C(=O)O)NC(=O)OC(C)(C)C. The van der Waals surface area contributed by atoms with E-state index in [0.717, 1.165) is 5.56 Å². The Morgan fingerprint density at radius 3 is 2.06 bits per heavy atom. The van der Waals surface area contributed by atoms with Crippen molar-refractivity contribution in [3.63, 3.8) is 0 Å². The number of ether oxygens (including phenoxy) is 2. The van der Waals surface area contributed by atoms with Gasteiger partial charge in [-0.25, -0.2) is 9.59 Å². The molecule has 4 N–H and O–H groups in total. The largest absolute Gasteiger partial charge is 0.480 e. The first kappa shape index (κ1) is 29.2. The fourth-order valence-electron chi connectivity index (χ4n) is 3.10. The topological polar surface area (TPSA) is 126 Å². The van der Waals surface area contributed by atoms with E-state index in [-0.39, 0.29) is 12.6 Å². The molecule has 0 heterocycles. The summed E-state index contributed by atoms with van der Waals surface area (Å²) in [6, 6.07) is 8.25. The lowest BCUT2D eigenvalue weighted by Crippen LogP contribution is -2.48. The number of nitrogens with one attached hydrogen (secondary N) is 3. The van der Waals surface area contributed by atoms with Crippen LogP contribution in [-0.4, -0.2) is 59.6 Å². The summed E-state index contributed by atoms with van der Waals surface area (Å²) in [4.78, 5) is 35.8. The lowest BCUT2D eigenvalue weighted by atomic mass is 10.0. The molecule has 1 aromatic carbocycles. The average Bonchev–Trinajstić information content (AvgIpc) is 2.68. The summed E-state index contributed by atoms with van der Waals surface area (Å²) in [6.45, 7) is 11.4. The molecule has 2 atom stereocenters. The van der Waals surface area contributed by atoms with Crippen molar-refractivity contribution in [1.82, 2.24) is 16.0 Å². The number of benzene rings is 1. The second-order valence-corrected chi connectivity index (χ2v) is 10.3. The normalized spacial score (nSPS) is 13.5. The average molecular weight is 480 g/mol. The summed E-state index contributed by atoms with van der Waals surface area (Å²) in [7, 11) is 0. The standard InChI is InChI=1S/C25H41N3O6/c1-24(2,3)33-22(31)26-15-11-10-14-19(28-23(32)34-25(4,5)6)17-27-20(21(29)30)16-18-12-8-7-9-13-18/h7-9,12-13,19-20,27H,10-11,14-17H2,1-6H3,(H,26,31)(H,28,32)(H,29,30). The Hall–Kier alpha value is -2.81. The number of rotatable bonds is 12.